The van der Waals surface area contributed by atoms with E-state index in [4.69, 9.17) is 15.6 Å². The number of nitrogens with one attached hydrogen (secondary N) is 1. The Morgan fingerprint density at radius 2 is 2.00 bits per heavy atom. The standard InChI is InChI=1S/C24H21FN6O3/c1-2-19(32)30-12-11-14(13-30)21-20-22(23(26)27-28-24(20)33)31(29-21)15-7-9-16(10-8-15)34-18-6-4-3-5-17(18)25/h2-10,14H,1,11-13H2,(H2,26,27)(H,28,33). The molecule has 2 aromatic carbocycles. The van der Waals surface area contributed by atoms with E-state index in [1.165, 1.54) is 18.2 Å². The number of nitrogens with two attached hydrogens (primary N) is 1. The van der Waals surface area contributed by atoms with Crippen molar-refractivity contribution >= 4 is 22.6 Å². The zero-order chi connectivity index (χ0) is 23.8. The zero-order valence-corrected chi connectivity index (χ0v) is 18.1. The maximum atomic E-state index is 13.9. The lowest BCUT2D eigenvalue weighted by atomic mass is 10.0. The number of benzene rings is 2. The quantitative estimate of drug-likeness (QED) is 0.442. The summed E-state index contributed by atoms with van der Waals surface area (Å²) in [4.78, 5) is 26.4. The molecule has 1 fully saturated rings. The average molecular weight is 460 g/mol. The molecule has 34 heavy (non-hydrogen) atoms. The summed E-state index contributed by atoms with van der Waals surface area (Å²) < 4.78 is 21.1. The van der Waals surface area contributed by atoms with Gasteiger partial charge in [0.2, 0.25) is 5.91 Å². The van der Waals surface area contributed by atoms with Crippen LogP contribution < -0.4 is 16.0 Å². The Morgan fingerprint density at radius 1 is 1.24 bits per heavy atom. The van der Waals surface area contributed by atoms with Gasteiger partial charge in [0, 0.05) is 19.0 Å². The van der Waals surface area contributed by atoms with E-state index >= 15 is 0 Å². The summed E-state index contributed by atoms with van der Waals surface area (Å²) in [6, 6.07) is 12.9. The van der Waals surface area contributed by atoms with Crippen LogP contribution >= 0.6 is 0 Å². The van der Waals surface area contributed by atoms with E-state index in [1.54, 1.807) is 46.0 Å². The highest BCUT2D eigenvalue weighted by Gasteiger charge is 2.31. The van der Waals surface area contributed by atoms with Gasteiger partial charge in [-0.25, -0.2) is 14.2 Å². The molecule has 1 aliphatic rings. The smallest absolute Gasteiger partial charge is 0.275 e. The van der Waals surface area contributed by atoms with Crippen LogP contribution in [-0.4, -0.2) is 43.9 Å². The summed E-state index contributed by atoms with van der Waals surface area (Å²) in [7, 11) is 0. The lowest BCUT2D eigenvalue weighted by Crippen LogP contribution is -2.26. The number of para-hydroxylation sites is 1. The maximum Gasteiger partial charge on any atom is 0.275 e. The number of hydrogen-bond acceptors (Lipinski definition) is 6. The molecule has 0 saturated carbocycles. The third-order valence-corrected chi connectivity index (χ3v) is 5.87. The predicted octanol–water partition coefficient (Wildman–Crippen LogP) is 3.12. The molecule has 3 heterocycles. The molecule has 4 aromatic rings. The van der Waals surface area contributed by atoms with E-state index in [2.05, 4.69) is 16.8 Å². The van der Waals surface area contributed by atoms with Gasteiger partial charge in [0.25, 0.3) is 5.56 Å². The van der Waals surface area contributed by atoms with Gasteiger partial charge in [-0.3, -0.25) is 9.59 Å². The molecule has 9 nitrogen and oxygen atoms in total. The molecule has 172 valence electrons. The molecular formula is C24H21FN6O3. The van der Waals surface area contributed by atoms with Crippen molar-refractivity contribution in [1.29, 1.82) is 0 Å². The molecule has 0 bridgehead atoms. The van der Waals surface area contributed by atoms with E-state index in [1.807, 2.05) is 0 Å². The second kappa shape index (κ2) is 8.47. The number of ether oxygens (including phenoxy) is 1. The molecule has 1 amide bonds. The highest BCUT2D eigenvalue weighted by molar-refractivity contribution is 5.91. The minimum atomic E-state index is -0.465. The molecule has 1 aliphatic heterocycles. The SMILES string of the molecule is C=CC(=O)N1CCC(c2nn(-c3ccc(Oc4ccccc4F)cc3)c3c(N)n[nH]c(=O)c23)C1. The predicted molar refractivity (Wildman–Crippen MR) is 125 cm³/mol. The minimum absolute atomic E-state index is 0.113. The van der Waals surface area contributed by atoms with E-state index in [0.717, 1.165) is 0 Å². The fourth-order valence-corrected chi connectivity index (χ4v) is 4.21. The Bertz CT molecular complexity index is 1460. The Morgan fingerprint density at radius 3 is 2.74 bits per heavy atom. The molecule has 3 N–H and O–H groups in total. The first-order chi connectivity index (χ1) is 16.5. The van der Waals surface area contributed by atoms with Crippen molar-refractivity contribution in [3.05, 3.63) is 83.1 Å². The van der Waals surface area contributed by atoms with Crippen LogP contribution in [0.2, 0.25) is 0 Å². The minimum Gasteiger partial charge on any atom is -0.454 e. The van der Waals surface area contributed by atoms with Crippen molar-refractivity contribution in [2.75, 3.05) is 18.8 Å². The van der Waals surface area contributed by atoms with Gasteiger partial charge in [-0.05, 0) is 48.9 Å². The van der Waals surface area contributed by atoms with Crippen LogP contribution in [0.5, 0.6) is 11.5 Å². The number of nitrogen functional groups attached to an aromatic ring is 1. The van der Waals surface area contributed by atoms with E-state index in [0.29, 0.717) is 47.5 Å². The van der Waals surface area contributed by atoms with Crippen molar-refractivity contribution in [3.8, 4) is 17.2 Å². The van der Waals surface area contributed by atoms with Crippen LogP contribution in [0.15, 0.2) is 66.0 Å². The average Bonchev–Trinajstić information content (AvgIpc) is 3.49. The lowest BCUT2D eigenvalue weighted by Gasteiger charge is -2.13. The fourth-order valence-electron chi connectivity index (χ4n) is 4.21. The van der Waals surface area contributed by atoms with Gasteiger partial charge in [-0.15, -0.1) is 0 Å². The number of H-pyrrole nitrogens is 1. The van der Waals surface area contributed by atoms with Gasteiger partial charge in [0.05, 0.1) is 16.8 Å². The number of fused-ring (bicyclic) bond motifs is 1. The Balaban J connectivity index is 1.53. The van der Waals surface area contributed by atoms with Crippen molar-refractivity contribution in [3.63, 3.8) is 0 Å². The highest BCUT2D eigenvalue weighted by Crippen LogP contribution is 2.33. The fraction of sp³-hybridized carbons (Fsp3) is 0.167. The van der Waals surface area contributed by atoms with E-state index in [9.17, 15) is 14.0 Å². The Kier molecular flexibility index (Phi) is 5.33. The second-order valence-electron chi connectivity index (χ2n) is 7.96. The molecule has 5 rings (SSSR count). The molecule has 0 aliphatic carbocycles. The second-order valence-corrected chi connectivity index (χ2v) is 7.96. The van der Waals surface area contributed by atoms with Crippen LogP contribution in [0.1, 0.15) is 18.0 Å². The zero-order valence-electron chi connectivity index (χ0n) is 18.1. The van der Waals surface area contributed by atoms with Crippen LogP contribution in [0.4, 0.5) is 10.2 Å². The first-order valence-electron chi connectivity index (χ1n) is 10.7. The first kappa shape index (κ1) is 21.4. The molecule has 2 aromatic heterocycles. The molecule has 1 unspecified atom stereocenters. The monoisotopic (exact) mass is 460 g/mol. The van der Waals surface area contributed by atoms with Crippen LogP contribution in [-0.2, 0) is 4.79 Å². The number of carbonyl (C=O) groups excluding carboxylic acids is 1. The van der Waals surface area contributed by atoms with Crippen LogP contribution in [0, 0.1) is 5.82 Å². The van der Waals surface area contributed by atoms with Crippen LogP contribution in [0.25, 0.3) is 16.6 Å². The summed E-state index contributed by atoms with van der Waals surface area (Å²) >= 11 is 0. The molecular weight excluding hydrogens is 439 g/mol. The third-order valence-electron chi connectivity index (χ3n) is 5.87. The van der Waals surface area contributed by atoms with Gasteiger partial charge in [-0.2, -0.15) is 10.2 Å². The molecule has 0 radical (unpaired) electrons. The molecule has 0 spiro atoms. The van der Waals surface area contributed by atoms with Gasteiger partial charge >= 0.3 is 0 Å². The van der Waals surface area contributed by atoms with Crippen molar-refractivity contribution in [1.82, 2.24) is 24.9 Å². The maximum absolute atomic E-state index is 13.9. The topological polar surface area (TPSA) is 119 Å². The van der Waals surface area contributed by atoms with Crippen molar-refractivity contribution < 1.29 is 13.9 Å². The number of anilines is 1. The molecule has 1 saturated heterocycles. The number of nitrogens with zero attached hydrogens (tertiary/aromatic N) is 4. The highest BCUT2D eigenvalue weighted by atomic mass is 19.1. The summed E-state index contributed by atoms with van der Waals surface area (Å²) in [5, 5.41) is 11.4. The Labute approximate surface area is 193 Å². The normalized spacial score (nSPS) is 15.6. The first-order valence-corrected chi connectivity index (χ1v) is 10.7. The third kappa shape index (κ3) is 3.68. The van der Waals surface area contributed by atoms with Gasteiger partial charge in [0.1, 0.15) is 11.3 Å². The number of halogens is 1. The number of aromatic nitrogens is 4. The number of amides is 1. The summed E-state index contributed by atoms with van der Waals surface area (Å²) in [6.45, 7) is 4.51. The van der Waals surface area contributed by atoms with Crippen LogP contribution in [0.3, 0.4) is 0 Å². The summed E-state index contributed by atoms with van der Waals surface area (Å²) in [5.74, 6) is -0.0956. The van der Waals surface area contributed by atoms with Crippen molar-refractivity contribution in [2.24, 2.45) is 0 Å². The van der Waals surface area contributed by atoms with E-state index < -0.39 is 11.4 Å². The number of rotatable bonds is 5. The Hall–Kier alpha value is -4.47. The summed E-state index contributed by atoms with van der Waals surface area (Å²) in [5.41, 5.74) is 7.29. The molecule has 1 atom stereocenters. The van der Waals surface area contributed by atoms with Gasteiger partial charge in [-0.1, -0.05) is 18.7 Å². The number of likely N-dealkylation sites (tertiary alicyclic amines) is 1. The lowest BCUT2D eigenvalue weighted by molar-refractivity contribution is -0.125. The number of carbonyl (C=O) groups is 1. The summed E-state index contributed by atoms with van der Waals surface area (Å²) in [6.07, 6.45) is 1.93. The number of hydrogen-bond donors (Lipinski definition) is 2. The number of aromatic amines is 1. The van der Waals surface area contributed by atoms with Gasteiger partial charge in [0.15, 0.2) is 17.4 Å². The van der Waals surface area contributed by atoms with Crippen molar-refractivity contribution in [2.45, 2.75) is 12.3 Å². The molecule has 10 heteroatoms. The van der Waals surface area contributed by atoms with E-state index in [-0.39, 0.29) is 23.4 Å². The van der Waals surface area contributed by atoms with Gasteiger partial charge < -0.3 is 15.4 Å². The largest absolute Gasteiger partial charge is 0.454 e.